The van der Waals surface area contributed by atoms with Gasteiger partial charge in [-0.1, -0.05) is 12.1 Å². The van der Waals surface area contributed by atoms with E-state index in [-0.39, 0.29) is 12.2 Å². The highest BCUT2D eigenvalue weighted by atomic mass is 16.5. The molecule has 2 heterocycles. The lowest BCUT2D eigenvalue weighted by Crippen LogP contribution is -2.33. The monoisotopic (exact) mass is 324 g/mol. The van der Waals surface area contributed by atoms with E-state index in [1.165, 1.54) is 11.6 Å². The molecule has 0 atom stereocenters. The number of aromatic nitrogens is 3. The van der Waals surface area contributed by atoms with Gasteiger partial charge >= 0.3 is 0 Å². The van der Waals surface area contributed by atoms with Crippen molar-refractivity contribution in [2.45, 2.75) is 6.54 Å². The summed E-state index contributed by atoms with van der Waals surface area (Å²) in [7, 11) is 3.06. The Kier molecular flexibility index (Phi) is 4.24. The van der Waals surface area contributed by atoms with Crippen molar-refractivity contribution >= 4 is 17.1 Å². The van der Waals surface area contributed by atoms with E-state index in [4.69, 9.17) is 4.74 Å². The minimum Gasteiger partial charge on any atom is -0.497 e. The molecule has 3 rings (SSSR count). The fourth-order valence-corrected chi connectivity index (χ4v) is 2.40. The molecular formula is C17H16N4O3. The van der Waals surface area contributed by atoms with Crippen LogP contribution in [0.15, 0.2) is 47.4 Å². The number of nitrogens with one attached hydrogen (secondary N) is 1. The van der Waals surface area contributed by atoms with Crippen LogP contribution in [-0.4, -0.2) is 34.6 Å². The highest BCUT2D eigenvalue weighted by Crippen LogP contribution is 2.14. The quantitative estimate of drug-likeness (QED) is 0.779. The van der Waals surface area contributed by atoms with Crippen LogP contribution in [0.5, 0.6) is 5.75 Å². The van der Waals surface area contributed by atoms with E-state index in [2.05, 4.69) is 15.3 Å². The second-order valence-electron chi connectivity index (χ2n) is 5.13. The molecule has 0 aliphatic heterocycles. The largest absolute Gasteiger partial charge is 0.497 e. The third-order valence-electron chi connectivity index (χ3n) is 3.64. The van der Waals surface area contributed by atoms with E-state index in [1.807, 2.05) is 24.3 Å². The summed E-state index contributed by atoms with van der Waals surface area (Å²) < 4.78 is 6.59. The van der Waals surface area contributed by atoms with E-state index in [0.717, 1.165) is 11.3 Å². The Morgan fingerprint density at radius 3 is 2.67 bits per heavy atom. The summed E-state index contributed by atoms with van der Waals surface area (Å²) in [6.07, 6.45) is 1.59. The molecule has 122 valence electrons. The lowest BCUT2D eigenvalue weighted by molar-refractivity contribution is 0.0956. The van der Waals surface area contributed by atoms with E-state index >= 15 is 0 Å². The van der Waals surface area contributed by atoms with Crippen molar-refractivity contribution in [1.82, 2.24) is 19.9 Å². The lowest BCUT2D eigenvalue weighted by atomic mass is 10.2. The first-order valence-corrected chi connectivity index (χ1v) is 7.34. The third kappa shape index (κ3) is 2.83. The minimum absolute atomic E-state index is 0.147. The van der Waals surface area contributed by atoms with Crippen molar-refractivity contribution in [3.8, 4) is 5.75 Å². The summed E-state index contributed by atoms with van der Waals surface area (Å²) in [6, 6.07) is 10.8. The van der Waals surface area contributed by atoms with Crippen LogP contribution < -0.4 is 15.6 Å². The molecule has 0 fully saturated rings. The average Bonchev–Trinajstić information content (AvgIpc) is 2.63. The Morgan fingerprint density at radius 1 is 1.25 bits per heavy atom. The highest BCUT2D eigenvalue weighted by Gasteiger charge is 2.17. The normalized spacial score (nSPS) is 10.6. The molecular weight excluding hydrogens is 308 g/mol. The molecule has 7 nitrogen and oxygen atoms in total. The molecule has 0 saturated heterocycles. The Hall–Kier alpha value is -3.22. The van der Waals surface area contributed by atoms with Crippen LogP contribution >= 0.6 is 0 Å². The van der Waals surface area contributed by atoms with Crippen molar-refractivity contribution in [2.24, 2.45) is 0 Å². The lowest BCUT2D eigenvalue weighted by Gasteiger charge is -2.11. The van der Waals surface area contributed by atoms with Gasteiger partial charge in [-0.15, -0.1) is 0 Å². The number of amides is 1. The van der Waals surface area contributed by atoms with Crippen molar-refractivity contribution in [1.29, 1.82) is 0 Å². The molecule has 7 heteroatoms. The maximum Gasteiger partial charge on any atom is 0.284 e. The summed E-state index contributed by atoms with van der Waals surface area (Å²) in [5.41, 5.74) is 1.19. The van der Waals surface area contributed by atoms with Gasteiger partial charge < -0.3 is 10.1 Å². The molecule has 3 aromatic rings. The number of pyridine rings is 1. The zero-order valence-corrected chi connectivity index (χ0v) is 13.3. The number of methoxy groups -OCH3 is 1. The van der Waals surface area contributed by atoms with Gasteiger partial charge in [0.1, 0.15) is 11.3 Å². The number of carbonyl (C=O) groups is 1. The van der Waals surface area contributed by atoms with E-state index in [9.17, 15) is 9.59 Å². The van der Waals surface area contributed by atoms with Gasteiger partial charge in [0, 0.05) is 13.2 Å². The number of nitrogens with zero attached hydrogens (tertiary/aromatic N) is 3. The minimum atomic E-state index is -0.519. The van der Waals surface area contributed by atoms with Gasteiger partial charge in [-0.05, 0) is 29.8 Å². The Labute approximate surface area is 137 Å². The first-order valence-electron chi connectivity index (χ1n) is 7.34. The molecule has 1 N–H and O–H groups in total. The molecule has 1 aromatic carbocycles. The number of fused-ring (bicyclic) bond motifs is 1. The zero-order chi connectivity index (χ0) is 17.1. The third-order valence-corrected chi connectivity index (χ3v) is 3.64. The number of carbonyl (C=O) groups excluding carboxylic acids is 1. The number of rotatable bonds is 4. The zero-order valence-electron chi connectivity index (χ0n) is 13.3. The SMILES string of the molecule is CNC(=O)c1nc2cccnc2n(Cc2ccc(OC)cc2)c1=O. The van der Waals surface area contributed by atoms with E-state index in [1.54, 1.807) is 25.4 Å². The molecule has 24 heavy (non-hydrogen) atoms. The molecule has 0 saturated carbocycles. The molecule has 0 spiro atoms. The van der Waals surface area contributed by atoms with Crippen LogP contribution in [0.25, 0.3) is 11.2 Å². The van der Waals surface area contributed by atoms with Crippen LogP contribution in [0.1, 0.15) is 16.1 Å². The summed E-state index contributed by atoms with van der Waals surface area (Å²) >= 11 is 0. The first-order chi connectivity index (χ1) is 11.6. The predicted octanol–water partition coefficient (Wildman–Crippen LogP) is 1.21. The predicted molar refractivity (Wildman–Crippen MR) is 89.3 cm³/mol. The average molecular weight is 324 g/mol. The van der Waals surface area contributed by atoms with Gasteiger partial charge in [-0.3, -0.25) is 14.2 Å². The Balaban J connectivity index is 2.15. The molecule has 0 bridgehead atoms. The van der Waals surface area contributed by atoms with Crippen LogP contribution in [0.3, 0.4) is 0 Å². The van der Waals surface area contributed by atoms with Gasteiger partial charge in [-0.25, -0.2) is 9.97 Å². The summed E-state index contributed by atoms with van der Waals surface area (Å²) in [6.45, 7) is 0.281. The second kappa shape index (κ2) is 6.49. The van der Waals surface area contributed by atoms with Crippen molar-refractivity contribution < 1.29 is 9.53 Å². The van der Waals surface area contributed by atoms with Gasteiger partial charge in [0.15, 0.2) is 11.3 Å². The fourth-order valence-electron chi connectivity index (χ4n) is 2.40. The van der Waals surface area contributed by atoms with E-state index in [0.29, 0.717) is 11.2 Å². The van der Waals surface area contributed by atoms with Gasteiger partial charge in [-0.2, -0.15) is 0 Å². The molecule has 1 amide bonds. The first kappa shape index (κ1) is 15.7. The summed E-state index contributed by atoms with van der Waals surface area (Å²) in [4.78, 5) is 33.0. The molecule has 0 unspecified atom stereocenters. The summed E-state index contributed by atoms with van der Waals surface area (Å²) in [5, 5.41) is 2.44. The van der Waals surface area contributed by atoms with Gasteiger partial charge in [0.25, 0.3) is 11.5 Å². The van der Waals surface area contributed by atoms with Crippen molar-refractivity contribution in [2.75, 3.05) is 14.2 Å². The maximum absolute atomic E-state index is 12.7. The number of ether oxygens (including phenoxy) is 1. The molecule has 0 aliphatic carbocycles. The molecule has 0 aliphatic rings. The number of hydrogen-bond donors (Lipinski definition) is 1. The molecule has 2 aromatic heterocycles. The maximum atomic E-state index is 12.7. The fraction of sp³-hybridized carbons (Fsp3) is 0.176. The Morgan fingerprint density at radius 2 is 2.00 bits per heavy atom. The second-order valence-corrected chi connectivity index (χ2v) is 5.13. The highest BCUT2D eigenvalue weighted by molar-refractivity contribution is 5.93. The van der Waals surface area contributed by atoms with E-state index < -0.39 is 11.5 Å². The molecule has 0 radical (unpaired) electrons. The van der Waals surface area contributed by atoms with Crippen LogP contribution in [0.4, 0.5) is 0 Å². The van der Waals surface area contributed by atoms with Crippen LogP contribution in [0.2, 0.25) is 0 Å². The topological polar surface area (TPSA) is 86.1 Å². The van der Waals surface area contributed by atoms with Gasteiger partial charge in [0.05, 0.1) is 13.7 Å². The van der Waals surface area contributed by atoms with Crippen molar-refractivity contribution in [3.63, 3.8) is 0 Å². The Bertz CT molecular complexity index is 948. The van der Waals surface area contributed by atoms with Crippen LogP contribution in [0, 0.1) is 0 Å². The van der Waals surface area contributed by atoms with Gasteiger partial charge in [0.2, 0.25) is 0 Å². The van der Waals surface area contributed by atoms with Crippen molar-refractivity contribution in [3.05, 3.63) is 64.2 Å². The number of benzene rings is 1. The van der Waals surface area contributed by atoms with Crippen LogP contribution in [-0.2, 0) is 6.54 Å². The number of hydrogen-bond acceptors (Lipinski definition) is 5. The summed E-state index contributed by atoms with van der Waals surface area (Å²) in [5.74, 6) is 0.212. The standard InChI is InChI=1S/C17H16N4O3/c1-18-16(22)14-17(23)21(15-13(20-14)4-3-9-19-15)10-11-5-7-12(24-2)8-6-11/h3-9H,10H2,1-2H3,(H,18,22). The smallest absolute Gasteiger partial charge is 0.284 e.